The van der Waals surface area contributed by atoms with Crippen LogP contribution in [0.2, 0.25) is 0 Å². The van der Waals surface area contributed by atoms with Crippen molar-refractivity contribution in [3.05, 3.63) is 61.7 Å². The maximum absolute atomic E-state index is 13.7. The molecule has 0 saturated heterocycles. The number of benzene rings is 1. The van der Waals surface area contributed by atoms with Crippen LogP contribution in [0.4, 0.5) is 18.3 Å². The molecule has 0 bridgehead atoms. The molecule has 2 aliphatic rings. The van der Waals surface area contributed by atoms with Gasteiger partial charge < -0.3 is 9.47 Å². The molecule has 1 N–H and O–H groups in total. The van der Waals surface area contributed by atoms with E-state index in [1.807, 2.05) is 4.57 Å². The number of rotatable bonds is 4. The van der Waals surface area contributed by atoms with Gasteiger partial charge in [-0.2, -0.15) is 13.2 Å². The van der Waals surface area contributed by atoms with Crippen molar-refractivity contribution in [2.75, 3.05) is 5.32 Å². The Hall–Kier alpha value is -2.48. The van der Waals surface area contributed by atoms with Crippen LogP contribution in [-0.4, -0.2) is 31.2 Å². The lowest BCUT2D eigenvalue weighted by molar-refractivity contribution is -0.138. The molecule has 166 valence electrons. The van der Waals surface area contributed by atoms with Gasteiger partial charge in [0.1, 0.15) is 0 Å². The lowest BCUT2D eigenvalue weighted by atomic mass is 10.0. The van der Waals surface area contributed by atoms with E-state index in [1.165, 1.54) is 28.5 Å². The molecular formula is C20H15F3IN5O2S. The topological polar surface area (TPSA) is 80.1 Å². The number of halogens is 4. The summed E-state index contributed by atoms with van der Waals surface area (Å²) in [5.41, 5.74) is 0.196. The average Bonchev–Trinajstić information content (AvgIpc) is 3.49. The number of thiazole rings is 1. The van der Waals surface area contributed by atoms with Crippen molar-refractivity contribution < 1.29 is 22.8 Å². The van der Waals surface area contributed by atoms with Gasteiger partial charge in [0, 0.05) is 39.5 Å². The number of amides is 2. The summed E-state index contributed by atoms with van der Waals surface area (Å²) >= 11 is 2.97. The van der Waals surface area contributed by atoms with Gasteiger partial charge in [0.15, 0.2) is 11.2 Å². The van der Waals surface area contributed by atoms with Crippen molar-refractivity contribution in [2.45, 2.75) is 38.1 Å². The second kappa shape index (κ2) is 7.83. The number of aryl methyl sites for hydroxylation is 1. The first kappa shape index (κ1) is 21.4. The third-order valence-electron chi connectivity index (χ3n) is 5.61. The van der Waals surface area contributed by atoms with Crippen molar-refractivity contribution in [2.24, 2.45) is 0 Å². The molecule has 2 aromatic heterocycles. The monoisotopic (exact) mass is 573 g/mol. The number of fused-ring (bicyclic) bond motifs is 2. The summed E-state index contributed by atoms with van der Waals surface area (Å²) in [5, 5.41) is 4.71. The number of hydrogen-bond acceptors (Lipinski definition) is 5. The van der Waals surface area contributed by atoms with Gasteiger partial charge in [-0.15, -0.1) is 11.3 Å². The highest BCUT2D eigenvalue weighted by Crippen LogP contribution is 2.41. The molecule has 0 spiro atoms. The molecule has 5 rings (SSSR count). The number of nitrogens with one attached hydrogen (secondary N) is 1. The second-order valence-electron chi connectivity index (χ2n) is 7.51. The lowest BCUT2D eigenvalue weighted by Crippen LogP contribution is -2.38. The van der Waals surface area contributed by atoms with Crippen LogP contribution >= 0.6 is 33.9 Å². The molecule has 0 saturated carbocycles. The Kier molecular flexibility index (Phi) is 5.23. The van der Waals surface area contributed by atoms with Crippen LogP contribution in [0.1, 0.15) is 45.3 Å². The van der Waals surface area contributed by atoms with Crippen LogP contribution in [0.25, 0.3) is 0 Å². The Labute approximate surface area is 197 Å². The first-order valence-electron chi connectivity index (χ1n) is 9.69. The standard InChI is InChI=1S/C20H15F3IN5O2S/c21-20(22,23)13-7-10(24)6-11-12(13)8-29(18(11)31)16(17(30)27-19-25-3-5-32-19)15-14-2-1-4-28(14)9-26-15/h3,5-7,9,16H,1-2,4,8H2,(H,25,27,30). The number of carbonyl (C=O) groups excluding carboxylic acids is 2. The van der Waals surface area contributed by atoms with E-state index in [1.54, 1.807) is 34.3 Å². The van der Waals surface area contributed by atoms with Crippen LogP contribution in [0.5, 0.6) is 0 Å². The highest BCUT2D eigenvalue weighted by atomic mass is 127. The minimum atomic E-state index is -4.62. The molecule has 0 fully saturated rings. The van der Waals surface area contributed by atoms with Gasteiger partial charge in [-0.3, -0.25) is 14.9 Å². The second-order valence-corrected chi connectivity index (χ2v) is 9.65. The molecule has 3 aromatic rings. The highest BCUT2D eigenvalue weighted by Gasteiger charge is 2.45. The van der Waals surface area contributed by atoms with Crippen LogP contribution in [0, 0.1) is 3.57 Å². The van der Waals surface area contributed by atoms with Crippen LogP contribution in [0.3, 0.4) is 0 Å². The molecule has 32 heavy (non-hydrogen) atoms. The number of aromatic nitrogens is 3. The van der Waals surface area contributed by atoms with Gasteiger partial charge in [0.25, 0.3) is 11.8 Å². The zero-order chi connectivity index (χ0) is 22.6. The molecule has 1 atom stereocenters. The number of anilines is 1. The van der Waals surface area contributed by atoms with Crippen molar-refractivity contribution in [1.29, 1.82) is 0 Å². The SMILES string of the molecule is O=C(Nc1nccs1)C(c1ncn2c1CCC2)N1Cc2c(cc(I)cc2C(F)(F)F)C1=O. The van der Waals surface area contributed by atoms with Crippen LogP contribution in [-0.2, 0) is 30.5 Å². The summed E-state index contributed by atoms with van der Waals surface area (Å²) in [6.45, 7) is 0.413. The van der Waals surface area contributed by atoms with E-state index < -0.39 is 29.6 Å². The number of alkyl halides is 3. The predicted octanol–water partition coefficient (Wildman–Crippen LogP) is 4.25. The fraction of sp³-hybridized carbons (Fsp3) is 0.300. The summed E-state index contributed by atoms with van der Waals surface area (Å²) in [5.74, 6) is -1.18. The summed E-state index contributed by atoms with van der Waals surface area (Å²) in [7, 11) is 0. The first-order chi connectivity index (χ1) is 15.2. The summed E-state index contributed by atoms with van der Waals surface area (Å²) in [6.07, 6.45) is 0.0697. The molecule has 1 unspecified atom stereocenters. The number of carbonyl (C=O) groups is 2. The smallest absolute Gasteiger partial charge is 0.334 e. The van der Waals surface area contributed by atoms with Gasteiger partial charge in [-0.1, -0.05) is 0 Å². The molecule has 7 nitrogen and oxygen atoms in total. The van der Waals surface area contributed by atoms with Crippen molar-refractivity contribution >= 4 is 50.9 Å². The Balaban J connectivity index is 1.59. The number of hydrogen-bond donors (Lipinski definition) is 1. The van der Waals surface area contributed by atoms with E-state index in [9.17, 15) is 22.8 Å². The minimum Gasteiger partial charge on any atom is -0.334 e. The molecule has 0 aliphatic carbocycles. The zero-order valence-corrected chi connectivity index (χ0v) is 19.3. The molecule has 2 aliphatic heterocycles. The van der Waals surface area contributed by atoms with Gasteiger partial charge in [0.2, 0.25) is 0 Å². The summed E-state index contributed by atoms with van der Waals surface area (Å²) in [4.78, 5) is 36.2. The first-order valence-corrected chi connectivity index (χ1v) is 11.6. The number of imidazole rings is 1. The van der Waals surface area contributed by atoms with E-state index in [4.69, 9.17) is 0 Å². The molecule has 12 heteroatoms. The summed E-state index contributed by atoms with van der Waals surface area (Å²) < 4.78 is 43.3. The maximum atomic E-state index is 13.7. The largest absolute Gasteiger partial charge is 0.416 e. The molecule has 4 heterocycles. The Morgan fingerprint density at radius 3 is 2.81 bits per heavy atom. The van der Waals surface area contributed by atoms with Gasteiger partial charge in [-0.25, -0.2) is 9.97 Å². The zero-order valence-electron chi connectivity index (χ0n) is 16.3. The average molecular weight is 573 g/mol. The normalized spacial score (nSPS) is 16.2. The van der Waals surface area contributed by atoms with Crippen LogP contribution < -0.4 is 5.32 Å². The fourth-order valence-corrected chi connectivity index (χ4v) is 5.42. The van der Waals surface area contributed by atoms with Gasteiger partial charge in [0.05, 0.1) is 17.6 Å². The van der Waals surface area contributed by atoms with Crippen molar-refractivity contribution in [3.8, 4) is 0 Å². The van der Waals surface area contributed by atoms with Crippen LogP contribution in [0.15, 0.2) is 30.0 Å². The Morgan fingerprint density at radius 1 is 1.28 bits per heavy atom. The molecule has 2 amide bonds. The predicted molar refractivity (Wildman–Crippen MR) is 118 cm³/mol. The van der Waals surface area contributed by atoms with Crippen molar-refractivity contribution in [1.82, 2.24) is 19.4 Å². The fourth-order valence-electron chi connectivity index (χ4n) is 4.26. The lowest BCUT2D eigenvalue weighted by Gasteiger charge is -2.26. The van der Waals surface area contributed by atoms with E-state index >= 15 is 0 Å². The van der Waals surface area contributed by atoms with E-state index in [-0.39, 0.29) is 17.7 Å². The van der Waals surface area contributed by atoms with Gasteiger partial charge in [-0.05, 0) is 53.1 Å². The molecular weight excluding hydrogens is 558 g/mol. The molecule has 1 aromatic carbocycles. The molecule has 0 radical (unpaired) electrons. The van der Waals surface area contributed by atoms with Crippen molar-refractivity contribution in [3.63, 3.8) is 0 Å². The third kappa shape index (κ3) is 3.58. The maximum Gasteiger partial charge on any atom is 0.416 e. The van der Waals surface area contributed by atoms with E-state index in [0.29, 0.717) is 20.8 Å². The Bertz CT molecular complexity index is 1220. The van der Waals surface area contributed by atoms with E-state index in [0.717, 1.165) is 24.7 Å². The summed E-state index contributed by atoms with van der Waals surface area (Å²) in [6, 6.07) is 1.28. The Morgan fingerprint density at radius 2 is 2.09 bits per heavy atom. The quantitative estimate of drug-likeness (QED) is 0.474. The highest BCUT2D eigenvalue weighted by molar-refractivity contribution is 14.1. The van der Waals surface area contributed by atoms with E-state index in [2.05, 4.69) is 15.3 Å². The number of nitrogens with zero attached hydrogens (tertiary/aromatic N) is 4. The minimum absolute atomic E-state index is 0.0351. The van der Waals surface area contributed by atoms with Gasteiger partial charge >= 0.3 is 6.18 Å². The third-order valence-corrected chi connectivity index (χ3v) is 6.92.